The maximum absolute atomic E-state index is 13.0. The number of carbonyl (C=O) groups is 1. The number of amides is 1. The number of nitrogens with zero attached hydrogens (tertiary/aromatic N) is 1. The van der Waals surface area contributed by atoms with Gasteiger partial charge in [0.05, 0.1) is 18.8 Å². The number of rotatable bonds is 1. The third-order valence-corrected chi connectivity index (χ3v) is 5.07. The highest BCUT2D eigenvalue weighted by molar-refractivity contribution is 6.08. The number of carbonyl (C=O) groups excluding carboxylic acids is 1. The van der Waals surface area contributed by atoms with E-state index in [1.165, 1.54) is 0 Å². The standard InChI is InChI=1S/C18H22N2O3/c1-12-4-3-5-14-15(13(2)19-16(12)14)17(21)20-8-6-18(7-9-20)22-10-11-23-18/h3-5,19H,6-11H2,1-2H3. The highest BCUT2D eigenvalue weighted by Gasteiger charge is 2.41. The van der Waals surface area contributed by atoms with E-state index < -0.39 is 5.79 Å². The molecule has 1 amide bonds. The average Bonchev–Trinajstić information content (AvgIpc) is 3.13. The Hall–Kier alpha value is -1.85. The normalized spacial score (nSPS) is 20.5. The van der Waals surface area contributed by atoms with Gasteiger partial charge in [-0.15, -0.1) is 0 Å². The van der Waals surface area contributed by atoms with Crippen molar-refractivity contribution in [2.75, 3.05) is 26.3 Å². The molecule has 2 aliphatic rings. The smallest absolute Gasteiger partial charge is 0.256 e. The van der Waals surface area contributed by atoms with E-state index in [2.05, 4.69) is 18.0 Å². The van der Waals surface area contributed by atoms with Gasteiger partial charge in [0, 0.05) is 42.5 Å². The van der Waals surface area contributed by atoms with Gasteiger partial charge in [-0.25, -0.2) is 0 Å². The van der Waals surface area contributed by atoms with Crippen LogP contribution in [0.5, 0.6) is 0 Å². The minimum atomic E-state index is -0.442. The summed E-state index contributed by atoms with van der Waals surface area (Å²) in [4.78, 5) is 18.3. The first-order valence-electron chi connectivity index (χ1n) is 8.25. The van der Waals surface area contributed by atoms with Crippen molar-refractivity contribution in [3.05, 3.63) is 35.0 Å². The van der Waals surface area contributed by atoms with Crippen molar-refractivity contribution in [2.45, 2.75) is 32.5 Å². The molecule has 122 valence electrons. The first kappa shape index (κ1) is 14.7. The van der Waals surface area contributed by atoms with Crippen molar-refractivity contribution in [2.24, 2.45) is 0 Å². The van der Waals surface area contributed by atoms with Gasteiger partial charge in [0.15, 0.2) is 5.79 Å². The number of benzene rings is 1. The van der Waals surface area contributed by atoms with Crippen LogP contribution in [-0.2, 0) is 9.47 Å². The fourth-order valence-corrected chi connectivity index (χ4v) is 3.76. The second kappa shape index (κ2) is 5.35. The molecular formula is C18H22N2O3. The number of likely N-dealkylation sites (tertiary alicyclic amines) is 1. The predicted molar refractivity (Wildman–Crippen MR) is 87.5 cm³/mol. The Morgan fingerprint density at radius 3 is 2.57 bits per heavy atom. The highest BCUT2D eigenvalue weighted by Crippen LogP contribution is 2.33. The first-order chi connectivity index (χ1) is 11.1. The lowest BCUT2D eigenvalue weighted by Gasteiger charge is -2.37. The summed E-state index contributed by atoms with van der Waals surface area (Å²) in [7, 11) is 0. The van der Waals surface area contributed by atoms with Gasteiger partial charge in [0.1, 0.15) is 0 Å². The van der Waals surface area contributed by atoms with Gasteiger partial charge < -0.3 is 19.4 Å². The van der Waals surface area contributed by atoms with Gasteiger partial charge in [0.2, 0.25) is 0 Å². The Kier molecular flexibility index (Phi) is 3.43. The molecule has 0 atom stereocenters. The molecule has 2 aliphatic heterocycles. The lowest BCUT2D eigenvalue weighted by Crippen LogP contribution is -2.47. The number of H-pyrrole nitrogens is 1. The van der Waals surface area contributed by atoms with E-state index in [9.17, 15) is 4.79 Å². The summed E-state index contributed by atoms with van der Waals surface area (Å²) < 4.78 is 11.5. The SMILES string of the molecule is Cc1[nH]c2c(C)cccc2c1C(=O)N1CCC2(CC1)OCCO2. The van der Waals surface area contributed by atoms with Crippen LogP contribution in [0.15, 0.2) is 18.2 Å². The summed E-state index contributed by atoms with van der Waals surface area (Å²) in [6.07, 6.45) is 1.50. The second-order valence-electron chi connectivity index (χ2n) is 6.52. The van der Waals surface area contributed by atoms with Crippen molar-refractivity contribution in [3.8, 4) is 0 Å². The second-order valence-corrected chi connectivity index (χ2v) is 6.52. The van der Waals surface area contributed by atoms with Gasteiger partial charge >= 0.3 is 0 Å². The van der Waals surface area contributed by atoms with Crippen LogP contribution in [0.2, 0.25) is 0 Å². The highest BCUT2D eigenvalue weighted by atomic mass is 16.7. The number of aromatic amines is 1. The molecule has 1 N–H and O–H groups in total. The molecule has 0 aliphatic carbocycles. The molecule has 2 saturated heterocycles. The Balaban J connectivity index is 1.60. The van der Waals surface area contributed by atoms with E-state index in [0.29, 0.717) is 26.3 Å². The zero-order valence-electron chi connectivity index (χ0n) is 13.6. The van der Waals surface area contributed by atoms with Crippen molar-refractivity contribution >= 4 is 16.8 Å². The molecule has 3 heterocycles. The van der Waals surface area contributed by atoms with Gasteiger partial charge in [-0.05, 0) is 19.4 Å². The first-order valence-corrected chi connectivity index (χ1v) is 8.25. The number of fused-ring (bicyclic) bond motifs is 1. The summed E-state index contributed by atoms with van der Waals surface area (Å²) in [6, 6.07) is 6.09. The number of para-hydroxylation sites is 1. The van der Waals surface area contributed by atoms with Crippen molar-refractivity contribution < 1.29 is 14.3 Å². The number of piperidine rings is 1. The third-order valence-electron chi connectivity index (χ3n) is 5.07. The molecule has 23 heavy (non-hydrogen) atoms. The molecule has 1 aromatic heterocycles. The van der Waals surface area contributed by atoms with Gasteiger partial charge in [-0.3, -0.25) is 4.79 Å². The lowest BCUT2D eigenvalue weighted by atomic mass is 10.0. The maximum atomic E-state index is 13.0. The average molecular weight is 314 g/mol. The van der Waals surface area contributed by atoms with Crippen LogP contribution in [0.4, 0.5) is 0 Å². The van der Waals surface area contributed by atoms with Crippen LogP contribution in [0.1, 0.15) is 34.5 Å². The lowest BCUT2D eigenvalue weighted by molar-refractivity contribution is -0.181. The fourth-order valence-electron chi connectivity index (χ4n) is 3.76. The number of hydrogen-bond donors (Lipinski definition) is 1. The largest absolute Gasteiger partial charge is 0.358 e. The van der Waals surface area contributed by atoms with Crippen LogP contribution < -0.4 is 0 Å². The molecule has 1 aromatic carbocycles. The van der Waals surface area contributed by atoms with Gasteiger partial charge in [-0.1, -0.05) is 18.2 Å². The molecule has 2 fully saturated rings. The molecule has 0 bridgehead atoms. The molecule has 0 saturated carbocycles. The van der Waals surface area contributed by atoms with Gasteiger partial charge in [0.25, 0.3) is 5.91 Å². The third kappa shape index (κ3) is 2.35. The van der Waals surface area contributed by atoms with E-state index in [1.807, 2.05) is 24.0 Å². The minimum absolute atomic E-state index is 0.104. The number of nitrogens with one attached hydrogen (secondary N) is 1. The number of aryl methyl sites for hydroxylation is 2. The monoisotopic (exact) mass is 314 g/mol. The summed E-state index contributed by atoms with van der Waals surface area (Å²) >= 11 is 0. The number of aromatic nitrogens is 1. The zero-order chi connectivity index (χ0) is 16.0. The summed E-state index contributed by atoms with van der Waals surface area (Å²) in [5, 5.41) is 1.01. The topological polar surface area (TPSA) is 54.6 Å². The molecule has 5 heteroatoms. The van der Waals surface area contributed by atoms with E-state index in [-0.39, 0.29) is 5.91 Å². The summed E-state index contributed by atoms with van der Waals surface area (Å²) in [5.41, 5.74) is 3.96. The molecule has 0 radical (unpaired) electrons. The van der Waals surface area contributed by atoms with E-state index in [1.54, 1.807) is 0 Å². The van der Waals surface area contributed by atoms with E-state index in [0.717, 1.165) is 40.6 Å². The minimum Gasteiger partial charge on any atom is -0.358 e. The molecule has 4 rings (SSSR count). The Labute approximate surface area is 135 Å². The molecular weight excluding hydrogens is 292 g/mol. The van der Waals surface area contributed by atoms with Gasteiger partial charge in [-0.2, -0.15) is 0 Å². The number of ether oxygens (including phenoxy) is 2. The van der Waals surface area contributed by atoms with E-state index in [4.69, 9.17) is 9.47 Å². The Morgan fingerprint density at radius 2 is 1.87 bits per heavy atom. The van der Waals surface area contributed by atoms with Crippen molar-refractivity contribution in [3.63, 3.8) is 0 Å². The molecule has 5 nitrogen and oxygen atoms in total. The molecule has 1 spiro atoms. The number of hydrogen-bond acceptors (Lipinski definition) is 3. The van der Waals surface area contributed by atoms with Crippen LogP contribution in [0, 0.1) is 13.8 Å². The maximum Gasteiger partial charge on any atom is 0.256 e. The van der Waals surface area contributed by atoms with E-state index >= 15 is 0 Å². The van der Waals surface area contributed by atoms with Crippen LogP contribution >= 0.6 is 0 Å². The summed E-state index contributed by atoms with van der Waals surface area (Å²) in [5.74, 6) is -0.338. The van der Waals surface area contributed by atoms with Crippen molar-refractivity contribution in [1.82, 2.24) is 9.88 Å². The van der Waals surface area contributed by atoms with Crippen molar-refractivity contribution in [1.29, 1.82) is 0 Å². The molecule has 0 unspecified atom stereocenters. The fraction of sp³-hybridized carbons (Fsp3) is 0.500. The van der Waals surface area contributed by atoms with Crippen LogP contribution in [0.25, 0.3) is 10.9 Å². The Morgan fingerprint density at radius 1 is 1.17 bits per heavy atom. The van der Waals surface area contributed by atoms with Crippen LogP contribution in [-0.4, -0.2) is 47.9 Å². The predicted octanol–water partition coefficient (Wildman–Crippen LogP) is 2.76. The molecule has 2 aromatic rings. The Bertz CT molecular complexity index is 749. The quantitative estimate of drug-likeness (QED) is 0.880. The summed E-state index contributed by atoms with van der Waals surface area (Å²) in [6.45, 7) is 6.71. The zero-order valence-corrected chi connectivity index (χ0v) is 13.6. The van der Waals surface area contributed by atoms with Crippen LogP contribution in [0.3, 0.4) is 0 Å².